The van der Waals surface area contributed by atoms with Crippen molar-refractivity contribution in [2.24, 2.45) is 11.8 Å². The predicted molar refractivity (Wildman–Crippen MR) is 94.5 cm³/mol. The van der Waals surface area contributed by atoms with Gasteiger partial charge in [-0.05, 0) is 45.1 Å². The fraction of sp³-hybridized carbons (Fsp3) is 0.789. The van der Waals surface area contributed by atoms with Crippen molar-refractivity contribution in [3.05, 3.63) is 11.6 Å². The minimum atomic E-state index is -0.0814. The van der Waals surface area contributed by atoms with Crippen LogP contribution in [0.3, 0.4) is 0 Å². The van der Waals surface area contributed by atoms with E-state index in [2.05, 4.69) is 23.2 Å². The van der Waals surface area contributed by atoms with Crippen molar-refractivity contribution in [1.82, 2.24) is 15.1 Å². The van der Waals surface area contributed by atoms with Gasteiger partial charge in [0.2, 0.25) is 11.8 Å². The van der Waals surface area contributed by atoms with Crippen molar-refractivity contribution in [2.45, 2.75) is 45.4 Å². The van der Waals surface area contributed by atoms with Gasteiger partial charge in [-0.2, -0.15) is 0 Å². The Labute approximate surface area is 145 Å². The van der Waals surface area contributed by atoms with E-state index in [0.717, 1.165) is 52.1 Å². The first-order chi connectivity index (χ1) is 11.7. The summed E-state index contributed by atoms with van der Waals surface area (Å²) in [4.78, 5) is 29.1. The molecule has 0 aromatic rings. The molecule has 5 nitrogen and oxygen atoms in total. The first kappa shape index (κ1) is 17.5. The Kier molecular flexibility index (Phi) is 5.93. The normalized spacial score (nSPS) is 27.5. The molecule has 0 aromatic carbocycles. The molecule has 2 unspecified atom stereocenters. The van der Waals surface area contributed by atoms with E-state index < -0.39 is 0 Å². The Morgan fingerprint density at radius 3 is 2.62 bits per heavy atom. The van der Waals surface area contributed by atoms with Crippen molar-refractivity contribution in [3.8, 4) is 0 Å². The number of rotatable bonds is 6. The number of likely N-dealkylation sites (N-methyl/N-ethyl adjacent to an activating group) is 1. The second-order valence-electron chi connectivity index (χ2n) is 7.36. The minimum Gasteiger partial charge on any atom is -0.356 e. The van der Waals surface area contributed by atoms with Crippen molar-refractivity contribution < 1.29 is 9.59 Å². The molecule has 2 fully saturated rings. The van der Waals surface area contributed by atoms with Gasteiger partial charge in [0.05, 0.1) is 11.8 Å². The number of carbonyl (C=O) groups excluding carboxylic acids is 2. The van der Waals surface area contributed by atoms with Gasteiger partial charge in [0.25, 0.3) is 0 Å². The first-order valence-electron chi connectivity index (χ1n) is 9.65. The number of amides is 2. The summed E-state index contributed by atoms with van der Waals surface area (Å²) in [6, 6.07) is 0. The molecule has 24 heavy (non-hydrogen) atoms. The van der Waals surface area contributed by atoms with Crippen LogP contribution in [0.2, 0.25) is 0 Å². The van der Waals surface area contributed by atoms with Crippen LogP contribution in [0.15, 0.2) is 11.6 Å². The quantitative estimate of drug-likeness (QED) is 0.754. The van der Waals surface area contributed by atoms with Crippen molar-refractivity contribution in [2.75, 3.05) is 39.3 Å². The van der Waals surface area contributed by atoms with Gasteiger partial charge in [-0.1, -0.05) is 18.6 Å². The molecule has 1 heterocycles. The van der Waals surface area contributed by atoms with Crippen molar-refractivity contribution >= 4 is 11.8 Å². The standard InChI is InChI=1S/C19H31N3O2/c1-2-21-10-12-22(13-11-21)19(24)17-14-16(17)18(23)20-9-8-15-6-4-3-5-7-15/h6,16-17H,2-5,7-14H2,1H3,(H,20,23). The predicted octanol–water partition coefficient (Wildman–Crippen LogP) is 1.79. The average molecular weight is 333 g/mol. The zero-order valence-electron chi connectivity index (χ0n) is 14.9. The molecule has 2 atom stereocenters. The molecule has 1 saturated heterocycles. The van der Waals surface area contributed by atoms with Crippen LogP contribution in [0, 0.1) is 11.8 Å². The average Bonchev–Trinajstić information content (AvgIpc) is 3.43. The molecular weight excluding hydrogens is 302 g/mol. The summed E-state index contributed by atoms with van der Waals surface area (Å²) in [6.07, 6.45) is 8.99. The second kappa shape index (κ2) is 8.15. The Morgan fingerprint density at radius 2 is 1.96 bits per heavy atom. The molecule has 0 aromatic heterocycles. The zero-order valence-corrected chi connectivity index (χ0v) is 14.9. The lowest BCUT2D eigenvalue weighted by molar-refractivity contribution is -0.136. The summed E-state index contributed by atoms with van der Waals surface area (Å²) in [5.41, 5.74) is 1.48. The van der Waals surface area contributed by atoms with Gasteiger partial charge in [-0.3, -0.25) is 9.59 Å². The van der Waals surface area contributed by atoms with Gasteiger partial charge in [0.15, 0.2) is 0 Å². The summed E-state index contributed by atoms with van der Waals surface area (Å²) < 4.78 is 0. The van der Waals surface area contributed by atoms with Crippen LogP contribution in [-0.4, -0.2) is 60.9 Å². The summed E-state index contributed by atoms with van der Waals surface area (Å²) in [5.74, 6) is 0.131. The molecule has 0 bridgehead atoms. The lowest BCUT2D eigenvalue weighted by Crippen LogP contribution is -2.49. The lowest BCUT2D eigenvalue weighted by Gasteiger charge is -2.34. The van der Waals surface area contributed by atoms with E-state index >= 15 is 0 Å². The number of hydrogen-bond donors (Lipinski definition) is 1. The fourth-order valence-electron chi connectivity index (χ4n) is 3.89. The third-order valence-electron chi connectivity index (χ3n) is 5.71. The van der Waals surface area contributed by atoms with Crippen LogP contribution >= 0.6 is 0 Å². The highest BCUT2D eigenvalue weighted by Gasteiger charge is 2.49. The number of nitrogens with zero attached hydrogens (tertiary/aromatic N) is 2. The van der Waals surface area contributed by atoms with E-state index in [4.69, 9.17) is 0 Å². The van der Waals surface area contributed by atoms with Gasteiger partial charge in [-0.15, -0.1) is 0 Å². The summed E-state index contributed by atoms with van der Waals surface area (Å²) >= 11 is 0. The molecular formula is C19H31N3O2. The van der Waals surface area contributed by atoms with Crippen LogP contribution in [0.25, 0.3) is 0 Å². The van der Waals surface area contributed by atoms with Crippen LogP contribution in [-0.2, 0) is 9.59 Å². The Morgan fingerprint density at radius 1 is 1.17 bits per heavy atom. The van der Waals surface area contributed by atoms with Gasteiger partial charge in [0, 0.05) is 32.7 Å². The molecule has 2 aliphatic carbocycles. The molecule has 1 N–H and O–H groups in total. The molecule has 3 rings (SSSR count). The van der Waals surface area contributed by atoms with E-state index in [1.807, 2.05) is 4.90 Å². The molecule has 3 aliphatic rings. The van der Waals surface area contributed by atoms with E-state index in [1.165, 1.54) is 31.3 Å². The molecule has 5 heteroatoms. The summed E-state index contributed by atoms with van der Waals surface area (Å²) in [6.45, 7) is 7.46. The van der Waals surface area contributed by atoms with Gasteiger partial charge in [0.1, 0.15) is 0 Å². The number of hydrogen-bond acceptors (Lipinski definition) is 3. The molecule has 134 valence electrons. The van der Waals surface area contributed by atoms with E-state index in [1.54, 1.807) is 0 Å². The molecule has 1 saturated carbocycles. The molecule has 0 radical (unpaired) electrons. The lowest BCUT2D eigenvalue weighted by atomic mass is 9.97. The molecule has 0 spiro atoms. The number of allylic oxidation sites excluding steroid dienone is 1. The monoisotopic (exact) mass is 333 g/mol. The van der Waals surface area contributed by atoms with Crippen LogP contribution in [0.5, 0.6) is 0 Å². The zero-order chi connectivity index (χ0) is 16.9. The largest absolute Gasteiger partial charge is 0.356 e. The SMILES string of the molecule is CCN1CCN(C(=O)C2CC2C(=O)NCCC2=CCCCC2)CC1. The highest BCUT2D eigenvalue weighted by molar-refractivity contribution is 5.92. The highest BCUT2D eigenvalue weighted by atomic mass is 16.2. The third kappa shape index (κ3) is 4.38. The van der Waals surface area contributed by atoms with E-state index in [-0.39, 0.29) is 23.7 Å². The van der Waals surface area contributed by atoms with Crippen molar-refractivity contribution in [3.63, 3.8) is 0 Å². The number of nitrogens with one attached hydrogen (secondary N) is 1. The van der Waals surface area contributed by atoms with Gasteiger partial charge in [-0.25, -0.2) is 0 Å². The van der Waals surface area contributed by atoms with Crippen LogP contribution in [0.4, 0.5) is 0 Å². The minimum absolute atomic E-state index is 0.0629. The fourth-order valence-corrected chi connectivity index (χ4v) is 3.89. The van der Waals surface area contributed by atoms with Crippen molar-refractivity contribution in [1.29, 1.82) is 0 Å². The first-order valence-corrected chi connectivity index (χ1v) is 9.65. The van der Waals surface area contributed by atoms with E-state index in [9.17, 15) is 9.59 Å². The Hall–Kier alpha value is -1.36. The summed E-state index contributed by atoms with van der Waals surface area (Å²) in [5, 5.41) is 3.04. The smallest absolute Gasteiger partial charge is 0.226 e. The number of carbonyl (C=O) groups is 2. The van der Waals surface area contributed by atoms with Gasteiger partial charge >= 0.3 is 0 Å². The Bertz CT molecular complexity index is 495. The van der Waals surface area contributed by atoms with Gasteiger partial charge < -0.3 is 15.1 Å². The highest BCUT2D eigenvalue weighted by Crippen LogP contribution is 2.40. The maximum atomic E-state index is 12.5. The third-order valence-corrected chi connectivity index (χ3v) is 5.71. The molecule has 1 aliphatic heterocycles. The molecule has 2 amide bonds. The van der Waals surface area contributed by atoms with E-state index in [0.29, 0.717) is 0 Å². The maximum Gasteiger partial charge on any atom is 0.226 e. The topological polar surface area (TPSA) is 52.7 Å². The van der Waals surface area contributed by atoms with Crippen LogP contribution in [0.1, 0.15) is 45.4 Å². The Balaban J connectivity index is 1.36. The maximum absolute atomic E-state index is 12.5. The van der Waals surface area contributed by atoms with Crippen LogP contribution < -0.4 is 5.32 Å². The second-order valence-corrected chi connectivity index (χ2v) is 7.36. The summed E-state index contributed by atoms with van der Waals surface area (Å²) in [7, 11) is 0. The number of piperazine rings is 1.